The van der Waals surface area contributed by atoms with Gasteiger partial charge in [-0.1, -0.05) is 12.1 Å². The van der Waals surface area contributed by atoms with Crippen molar-refractivity contribution >= 4 is 9.84 Å². The molecule has 0 aliphatic carbocycles. The average molecular weight is 223 g/mol. The van der Waals surface area contributed by atoms with Crippen LogP contribution in [0.3, 0.4) is 0 Å². The summed E-state index contributed by atoms with van der Waals surface area (Å²) in [6.45, 7) is 0.449. The molecule has 0 saturated carbocycles. The van der Waals surface area contributed by atoms with Crippen molar-refractivity contribution in [1.29, 1.82) is 5.26 Å². The highest BCUT2D eigenvalue weighted by Crippen LogP contribution is 2.23. The van der Waals surface area contributed by atoms with Crippen LogP contribution < -0.4 is 0 Å². The molecule has 78 valence electrons. The van der Waals surface area contributed by atoms with Crippen LogP contribution in [-0.4, -0.2) is 26.9 Å². The lowest BCUT2D eigenvalue weighted by atomic mass is 10.2. The van der Waals surface area contributed by atoms with E-state index in [2.05, 4.69) is 0 Å². The zero-order valence-electron chi connectivity index (χ0n) is 7.88. The summed E-state index contributed by atoms with van der Waals surface area (Å²) in [5.74, 6) is 0. The Kier molecular flexibility index (Phi) is 2.47. The molecule has 0 bridgehead atoms. The molecule has 0 aromatic heterocycles. The number of rotatable bonds is 2. The smallest absolute Gasteiger partial charge is 0.187 e. The maximum Gasteiger partial charge on any atom is 0.187 e. The summed E-state index contributed by atoms with van der Waals surface area (Å²) in [6, 6.07) is 8.12. The fourth-order valence-corrected chi connectivity index (χ4v) is 2.98. The largest absolute Gasteiger partial charge is 0.379 e. The second-order valence-electron chi connectivity index (χ2n) is 3.31. The number of nitriles is 1. The van der Waals surface area contributed by atoms with Crippen molar-refractivity contribution in [3.8, 4) is 6.07 Å². The first-order valence-corrected chi connectivity index (χ1v) is 6.01. The van der Waals surface area contributed by atoms with Gasteiger partial charge in [0.15, 0.2) is 9.84 Å². The topological polar surface area (TPSA) is 67.2 Å². The van der Waals surface area contributed by atoms with Gasteiger partial charge in [0.25, 0.3) is 0 Å². The SMILES string of the molecule is N#Cc1ccccc1S(=O)(=O)C1COC1. The van der Waals surface area contributed by atoms with Crippen LogP contribution in [0.5, 0.6) is 0 Å². The quantitative estimate of drug-likeness (QED) is 0.741. The Morgan fingerprint density at radius 2 is 2.00 bits per heavy atom. The fraction of sp³-hybridized carbons (Fsp3) is 0.300. The van der Waals surface area contributed by atoms with Gasteiger partial charge in [-0.05, 0) is 12.1 Å². The van der Waals surface area contributed by atoms with Gasteiger partial charge in [0.1, 0.15) is 11.3 Å². The van der Waals surface area contributed by atoms with E-state index < -0.39 is 15.1 Å². The Morgan fingerprint density at radius 1 is 1.33 bits per heavy atom. The van der Waals surface area contributed by atoms with Crippen LogP contribution >= 0.6 is 0 Å². The predicted molar refractivity (Wildman–Crippen MR) is 52.9 cm³/mol. The van der Waals surface area contributed by atoms with Crippen molar-refractivity contribution < 1.29 is 13.2 Å². The Hall–Kier alpha value is -1.38. The number of ether oxygens (including phenoxy) is 1. The van der Waals surface area contributed by atoms with E-state index in [9.17, 15) is 8.42 Å². The van der Waals surface area contributed by atoms with Crippen molar-refractivity contribution in [2.24, 2.45) is 0 Å². The van der Waals surface area contributed by atoms with Gasteiger partial charge >= 0.3 is 0 Å². The first-order chi connectivity index (χ1) is 7.16. The number of nitrogens with zero attached hydrogens (tertiary/aromatic N) is 1. The van der Waals surface area contributed by atoms with Crippen LogP contribution in [0.2, 0.25) is 0 Å². The molecule has 4 nitrogen and oxygen atoms in total. The lowest BCUT2D eigenvalue weighted by molar-refractivity contribution is 0.0416. The number of sulfone groups is 1. The lowest BCUT2D eigenvalue weighted by Crippen LogP contribution is -2.40. The van der Waals surface area contributed by atoms with Crippen LogP contribution in [-0.2, 0) is 14.6 Å². The minimum Gasteiger partial charge on any atom is -0.379 e. The van der Waals surface area contributed by atoms with Gasteiger partial charge in [-0.3, -0.25) is 0 Å². The van der Waals surface area contributed by atoms with E-state index in [0.29, 0.717) is 0 Å². The second-order valence-corrected chi connectivity index (χ2v) is 5.51. The summed E-state index contributed by atoms with van der Waals surface area (Å²) < 4.78 is 28.8. The summed E-state index contributed by atoms with van der Waals surface area (Å²) in [5.41, 5.74) is 0.199. The number of hydrogen-bond donors (Lipinski definition) is 0. The van der Waals surface area contributed by atoms with Crippen LogP contribution in [0.1, 0.15) is 5.56 Å². The highest BCUT2D eigenvalue weighted by molar-refractivity contribution is 7.92. The molecule has 0 N–H and O–H groups in total. The van der Waals surface area contributed by atoms with Gasteiger partial charge in [-0.15, -0.1) is 0 Å². The summed E-state index contributed by atoms with van der Waals surface area (Å²) in [4.78, 5) is 0.112. The number of benzene rings is 1. The standard InChI is InChI=1S/C10H9NO3S/c11-5-8-3-1-2-4-10(8)15(12,13)9-6-14-7-9/h1-4,9H,6-7H2. The van der Waals surface area contributed by atoms with Crippen molar-refractivity contribution in [3.05, 3.63) is 29.8 Å². The fourth-order valence-electron chi connectivity index (χ4n) is 1.38. The van der Waals surface area contributed by atoms with Crippen molar-refractivity contribution in [3.63, 3.8) is 0 Å². The van der Waals surface area contributed by atoms with Gasteiger partial charge in [0.05, 0.1) is 23.7 Å². The van der Waals surface area contributed by atoms with Crippen LogP contribution in [0, 0.1) is 11.3 Å². The van der Waals surface area contributed by atoms with Crippen molar-refractivity contribution in [2.75, 3.05) is 13.2 Å². The third kappa shape index (κ3) is 1.62. The molecule has 1 fully saturated rings. The molecular formula is C10H9NO3S. The van der Waals surface area contributed by atoms with E-state index in [1.165, 1.54) is 12.1 Å². The highest BCUT2D eigenvalue weighted by Gasteiger charge is 2.35. The molecule has 2 rings (SSSR count). The molecule has 1 aromatic carbocycles. The maximum atomic E-state index is 12.0. The Morgan fingerprint density at radius 3 is 2.53 bits per heavy atom. The normalized spacial score (nSPS) is 16.7. The Balaban J connectivity index is 2.49. The maximum absolute atomic E-state index is 12.0. The van der Waals surface area contributed by atoms with Crippen molar-refractivity contribution in [1.82, 2.24) is 0 Å². The van der Waals surface area contributed by atoms with E-state index in [0.717, 1.165) is 0 Å². The van der Waals surface area contributed by atoms with Gasteiger partial charge in [0, 0.05) is 0 Å². The first-order valence-electron chi connectivity index (χ1n) is 4.47. The molecule has 1 saturated heterocycles. The molecule has 0 atom stereocenters. The summed E-state index contributed by atoms with van der Waals surface area (Å²) >= 11 is 0. The average Bonchev–Trinajstić information content (AvgIpc) is 2.14. The van der Waals surface area contributed by atoms with E-state index in [4.69, 9.17) is 10.00 Å². The highest BCUT2D eigenvalue weighted by atomic mass is 32.2. The molecule has 15 heavy (non-hydrogen) atoms. The van der Waals surface area contributed by atoms with Crippen LogP contribution in [0.4, 0.5) is 0 Å². The Bertz CT molecular complexity index is 512. The third-order valence-electron chi connectivity index (χ3n) is 2.36. The molecule has 1 aliphatic heterocycles. The van der Waals surface area contributed by atoms with Gasteiger partial charge in [-0.2, -0.15) is 5.26 Å². The van der Waals surface area contributed by atoms with E-state index in [1.54, 1.807) is 12.1 Å². The third-order valence-corrected chi connectivity index (χ3v) is 4.48. The molecular weight excluding hydrogens is 214 g/mol. The number of hydrogen-bond acceptors (Lipinski definition) is 4. The van der Waals surface area contributed by atoms with E-state index >= 15 is 0 Å². The zero-order valence-corrected chi connectivity index (χ0v) is 8.70. The second kappa shape index (κ2) is 3.65. The minimum atomic E-state index is -3.39. The van der Waals surface area contributed by atoms with Gasteiger partial charge < -0.3 is 4.74 Å². The summed E-state index contributed by atoms with van der Waals surface area (Å²) in [5, 5.41) is 8.32. The molecule has 1 aromatic rings. The molecule has 0 spiro atoms. The zero-order chi connectivity index (χ0) is 10.9. The van der Waals surface area contributed by atoms with Crippen LogP contribution in [0.15, 0.2) is 29.2 Å². The van der Waals surface area contributed by atoms with Gasteiger partial charge in [0.2, 0.25) is 0 Å². The predicted octanol–water partition coefficient (Wildman–Crippen LogP) is 0.731. The molecule has 0 radical (unpaired) electrons. The Labute approximate surface area is 88.0 Å². The molecule has 0 amide bonds. The summed E-state index contributed by atoms with van der Waals surface area (Å²) in [6.07, 6.45) is 0. The molecule has 1 aliphatic rings. The minimum absolute atomic E-state index is 0.112. The monoisotopic (exact) mass is 223 g/mol. The van der Waals surface area contributed by atoms with E-state index in [-0.39, 0.29) is 23.7 Å². The molecule has 5 heteroatoms. The van der Waals surface area contributed by atoms with Gasteiger partial charge in [-0.25, -0.2) is 8.42 Å². The lowest BCUT2D eigenvalue weighted by Gasteiger charge is -2.25. The van der Waals surface area contributed by atoms with Crippen molar-refractivity contribution in [2.45, 2.75) is 10.1 Å². The van der Waals surface area contributed by atoms with E-state index in [1.807, 2.05) is 6.07 Å². The first kappa shape index (κ1) is 10.1. The van der Waals surface area contributed by atoms with Crippen LogP contribution in [0.25, 0.3) is 0 Å². The summed E-state index contributed by atoms with van der Waals surface area (Å²) in [7, 11) is -3.39. The molecule has 1 heterocycles. The molecule has 0 unspecified atom stereocenters.